The van der Waals surface area contributed by atoms with Crippen molar-refractivity contribution in [2.24, 2.45) is 5.73 Å². The fraction of sp³-hybridized carbons (Fsp3) is 0.368. The Labute approximate surface area is 182 Å². The second-order valence-electron chi connectivity index (χ2n) is 7.11. The molecule has 7 nitrogen and oxygen atoms in total. The molecule has 2 aromatic rings. The molecular formula is C19H21ClF3N3O4S. The van der Waals surface area contributed by atoms with Crippen molar-refractivity contribution in [2.45, 2.75) is 19.6 Å². The monoisotopic (exact) mass is 479 g/mol. The summed E-state index contributed by atoms with van der Waals surface area (Å²) >= 11 is 5.88. The number of nitrogens with two attached hydrogens (primary N) is 1. The van der Waals surface area contributed by atoms with E-state index < -0.39 is 45.8 Å². The molecule has 170 valence electrons. The maximum atomic E-state index is 13.9. The van der Waals surface area contributed by atoms with E-state index in [1.54, 1.807) is 0 Å². The summed E-state index contributed by atoms with van der Waals surface area (Å²) < 4.78 is 65.2. The van der Waals surface area contributed by atoms with E-state index in [2.05, 4.69) is 0 Å². The Morgan fingerprint density at radius 1 is 1.19 bits per heavy atom. The summed E-state index contributed by atoms with van der Waals surface area (Å²) in [4.78, 5) is 25.7. The number of hydrogen-bond acceptors (Lipinski definition) is 4. The number of hydrogen-bond donors (Lipinski definition) is 1. The number of alkyl halides is 3. The van der Waals surface area contributed by atoms with Gasteiger partial charge in [0, 0.05) is 30.4 Å². The first-order valence-electron chi connectivity index (χ1n) is 8.91. The number of primary amides is 1. The lowest BCUT2D eigenvalue weighted by Gasteiger charge is -2.20. The van der Waals surface area contributed by atoms with Crippen molar-refractivity contribution in [1.29, 1.82) is 0 Å². The fourth-order valence-electron chi connectivity index (χ4n) is 3.20. The smallest absolute Gasteiger partial charge is 0.368 e. The normalized spacial score (nSPS) is 12.1. The molecule has 0 aliphatic heterocycles. The summed E-state index contributed by atoms with van der Waals surface area (Å²) in [5.41, 5.74) is 3.53. The SMILES string of the molecule is Cc1c(-c2ccc(Cl)cc2)c(C(=O)N(C)CCS(C)(=O)=O)n(CC(N)=O)c1C(F)(F)F. The highest BCUT2D eigenvalue weighted by molar-refractivity contribution is 7.90. The van der Waals surface area contributed by atoms with Crippen molar-refractivity contribution < 1.29 is 31.2 Å². The minimum atomic E-state index is -4.88. The maximum Gasteiger partial charge on any atom is 0.431 e. The number of carbonyl (C=O) groups excluding carboxylic acids is 2. The molecule has 2 rings (SSSR count). The molecule has 0 fully saturated rings. The summed E-state index contributed by atoms with van der Waals surface area (Å²) in [5, 5.41) is 0.340. The molecule has 1 heterocycles. The summed E-state index contributed by atoms with van der Waals surface area (Å²) in [6.07, 6.45) is -3.91. The van der Waals surface area contributed by atoms with Crippen LogP contribution in [0.5, 0.6) is 0 Å². The molecule has 0 radical (unpaired) electrons. The zero-order valence-corrected chi connectivity index (χ0v) is 18.5. The van der Waals surface area contributed by atoms with Gasteiger partial charge < -0.3 is 15.2 Å². The molecule has 0 aliphatic rings. The van der Waals surface area contributed by atoms with Crippen LogP contribution in [-0.4, -0.2) is 55.3 Å². The Morgan fingerprint density at radius 3 is 2.19 bits per heavy atom. The van der Waals surface area contributed by atoms with Crippen LogP contribution in [-0.2, 0) is 27.4 Å². The molecule has 31 heavy (non-hydrogen) atoms. The predicted molar refractivity (Wildman–Crippen MR) is 110 cm³/mol. The van der Waals surface area contributed by atoms with Crippen LogP contribution in [0.4, 0.5) is 13.2 Å². The summed E-state index contributed by atoms with van der Waals surface area (Å²) in [5.74, 6) is -2.34. The van der Waals surface area contributed by atoms with Gasteiger partial charge in [-0.2, -0.15) is 13.2 Å². The topological polar surface area (TPSA) is 102 Å². The first-order chi connectivity index (χ1) is 14.1. The van der Waals surface area contributed by atoms with E-state index in [-0.39, 0.29) is 29.0 Å². The highest BCUT2D eigenvalue weighted by Gasteiger charge is 2.41. The highest BCUT2D eigenvalue weighted by atomic mass is 35.5. The van der Waals surface area contributed by atoms with Crippen LogP contribution < -0.4 is 5.73 Å². The molecule has 1 aromatic heterocycles. The molecule has 1 aromatic carbocycles. The molecule has 2 amide bonds. The Hall–Kier alpha value is -2.53. The lowest BCUT2D eigenvalue weighted by Crippen LogP contribution is -2.35. The van der Waals surface area contributed by atoms with Gasteiger partial charge >= 0.3 is 6.18 Å². The molecule has 0 saturated heterocycles. The quantitative estimate of drug-likeness (QED) is 0.659. The molecule has 0 saturated carbocycles. The third-order valence-electron chi connectivity index (χ3n) is 4.57. The summed E-state index contributed by atoms with van der Waals surface area (Å²) in [6.45, 7) is 0.0572. The van der Waals surface area contributed by atoms with E-state index >= 15 is 0 Å². The molecule has 0 bridgehead atoms. The third kappa shape index (κ3) is 5.79. The van der Waals surface area contributed by atoms with Gasteiger partial charge in [0.25, 0.3) is 5.91 Å². The highest BCUT2D eigenvalue weighted by Crippen LogP contribution is 2.41. The van der Waals surface area contributed by atoms with Gasteiger partial charge in [0.1, 0.15) is 27.8 Å². The van der Waals surface area contributed by atoms with E-state index in [4.69, 9.17) is 17.3 Å². The third-order valence-corrected chi connectivity index (χ3v) is 5.75. The van der Waals surface area contributed by atoms with Crippen LogP contribution in [0.2, 0.25) is 5.02 Å². The average molecular weight is 480 g/mol. The number of amides is 2. The Balaban J connectivity index is 2.79. The van der Waals surface area contributed by atoms with Gasteiger partial charge in [-0.1, -0.05) is 23.7 Å². The van der Waals surface area contributed by atoms with E-state index in [0.29, 0.717) is 9.59 Å². The largest absolute Gasteiger partial charge is 0.431 e. The molecular weight excluding hydrogens is 459 g/mol. The minimum absolute atomic E-state index is 0.0403. The van der Waals surface area contributed by atoms with Crippen molar-refractivity contribution >= 4 is 33.3 Å². The summed E-state index contributed by atoms with van der Waals surface area (Å²) in [6, 6.07) is 5.81. The standard InChI is InChI=1S/C19H21ClF3N3O4S/c1-11-15(12-4-6-13(20)7-5-12)16(18(28)25(2)8-9-31(3,29)30)26(10-14(24)27)17(11)19(21,22)23/h4-7H,8-10H2,1-3H3,(H2,24,27). The predicted octanol–water partition coefficient (Wildman–Crippen LogP) is 2.74. The van der Waals surface area contributed by atoms with Gasteiger partial charge in [-0.15, -0.1) is 0 Å². The van der Waals surface area contributed by atoms with Crippen molar-refractivity contribution in [1.82, 2.24) is 9.47 Å². The molecule has 0 atom stereocenters. The van der Waals surface area contributed by atoms with E-state index in [1.165, 1.54) is 38.2 Å². The van der Waals surface area contributed by atoms with E-state index in [1.807, 2.05) is 0 Å². The first kappa shape index (κ1) is 24.7. The van der Waals surface area contributed by atoms with Crippen LogP contribution in [0, 0.1) is 6.92 Å². The number of sulfone groups is 1. The second kappa shape index (κ2) is 8.91. The van der Waals surface area contributed by atoms with Crippen LogP contribution in [0.25, 0.3) is 11.1 Å². The van der Waals surface area contributed by atoms with Gasteiger partial charge in [0.15, 0.2) is 0 Å². The Morgan fingerprint density at radius 2 is 1.74 bits per heavy atom. The summed E-state index contributed by atoms with van der Waals surface area (Å²) in [7, 11) is -2.16. The first-order valence-corrected chi connectivity index (χ1v) is 11.3. The van der Waals surface area contributed by atoms with Crippen LogP contribution in [0.1, 0.15) is 21.7 Å². The lowest BCUT2D eigenvalue weighted by atomic mass is 10.0. The number of halogens is 4. The number of rotatable bonds is 7. The van der Waals surface area contributed by atoms with Crippen LogP contribution >= 0.6 is 11.6 Å². The molecule has 0 unspecified atom stereocenters. The van der Waals surface area contributed by atoms with Gasteiger partial charge in [-0.25, -0.2) is 8.42 Å². The number of nitrogens with zero attached hydrogens (tertiary/aromatic N) is 2. The second-order valence-corrected chi connectivity index (χ2v) is 9.81. The van der Waals surface area contributed by atoms with Crippen molar-refractivity contribution in [3.05, 3.63) is 46.2 Å². The maximum absolute atomic E-state index is 13.9. The van der Waals surface area contributed by atoms with Gasteiger partial charge in [-0.3, -0.25) is 9.59 Å². The molecule has 0 aliphatic carbocycles. The number of aromatic nitrogens is 1. The van der Waals surface area contributed by atoms with Gasteiger partial charge in [0.2, 0.25) is 5.91 Å². The Kier molecular flexibility index (Phi) is 7.11. The molecule has 0 spiro atoms. The van der Waals surface area contributed by atoms with Gasteiger partial charge in [-0.05, 0) is 30.2 Å². The van der Waals surface area contributed by atoms with Crippen molar-refractivity contribution in [3.63, 3.8) is 0 Å². The number of carbonyl (C=O) groups is 2. The Bertz CT molecular complexity index is 1110. The van der Waals surface area contributed by atoms with Crippen molar-refractivity contribution in [3.8, 4) is 11.1 Å². The van der Waals surface area contributed by atoms with Crippen molar-refractivity contribution in [2.75, 3.05) is 25.6 Å². The average Bonchev–Trinajstić information content (AvgIpc) is 2.90. The minimum Gasteiger partial charge on any atom is -0.368 e. The molecule has 12 heteroatoms. The zero-order chi connectivity index (χ0) is 23.7. The van der Waals surface area contributed by atoms with E-state index in [9.17, 15) is 31.2 Å². The van der Waals surface area contributed by atoms with Gasteiger partial charge in [0.05, 0.1) is 5.75 Å². The molecule has 2 N–H and O–H groups in total. The van der Waals surface area contributed by atoms with E-state index in [0.717, 1.165) is 11.2 Å². The number of benzene rings is 1. The van der Waals surface area contributed by atoms with Crippen LogP contribution in [0.15, 0.2) is 24.3 Å². The van der Waals surface area contributed by atoms with Crippen LogP contribution in [0.3, 0.4) is 0 Å². The fourth-order valence-corrected chi connectivity index (χ4v) is 3.93. The zero-order valence-electron chi connectivity index (χ0n) is 17.0. The lowest BCUT2D eigenvalue weighted by molar-refractivity contribution is -0.144.